The van der Waals surface area contributed by atoms with Gasteiger partial charge in [0.2, 0.25) is 0 Å². The maximum Gasteiger partial charge on any atom is 0.257 e. The summed E-state index contributed by atoms with van der Waals surface area (Å²) in [5, 5.41) is 7.38. The number of fused-ring (bicyclic) bond motifs is 1. The first-order chi connectivity index (χ1) is 14.4. The number of hydrogen-bond donors (Lipinski definition) is 2. The first kappa shape index (κ1) is 21.2. The molecule has 0 aliphatic carbocycles. The third kappa shape index (κ3) is 4.66. The number of halogens is 3. The second-order valence-electron chi connectivity index (χ2n) is 6.21. The summed E-state index contributed by atoms with van der Waals surface area (Å²) >= 11 is 22.9. The minimum absolute atomic E-state index is 0.127. The quantitative estimate of drug-likeness (QED) is 0.273. The van der Waals surface area contributed by atoms with Gasteiger partial charge in [-0.15, -0.1) is 11.3 Å². The van der Waals surface area contributed by atoms with Crippen molar-refractivity contribution < 1.29 is 4.79 Å². The smallest absolute Gasteiger partial charge is 0.257 e. The van der Waals surface area contributed by atoms with Crippen LogP contribution in [-0.2, 0) is 0 Å². The van der Waals surface area contributed by atoms with Crippen LogP contribution in [0.25, 0.3) is 20.8 Å². The van der Waals surface area contributed by atoms with Gasteiger partial charge in [0.25, 0.3) is 5.91 Å². The van der Waals surface area contributed by atoms with Gasteiger partial charge in [0.05, 0.1) is 25.9 Å². The maximum absolute atomic E-state index is 12.4. The monoisotopic (exact) mass is 535 g/mol. The zero-order valence-corrected chi connectivity index (χ0v) is 19.8. The molecule has 1 aromatic heterocycles. The molecule has 4 aromatic rings. The van der Waals surface area contributed by atoms with Crippen LogP contribution in [0.5, 0.6) is 0 Å². The average Bonchev–Trinajstić information content (AvgIpc) is 3.14. The highest BCUT2D eigenvalue weighted by molar-refractivity contribution is 9.10. The summed E-state index contributed by atoms with van der Waals surface area (Å²) in [6, 6.07) is 18.2. The molecule has 0 unspecified atom stereocenters. The lowest BCUT2D eigenvalue weighted by Crippen LogP contribution is -2.34. The third-order valence-corrected chi connectivity index (χ3v) is 6.59. The largest absolute Gasteiger partial charge is 0.331 e. The van der Waals surface area contributed by atoms with Crippen LogP contribution in [0.1, 0.15) is 10.4 Å². The van der Waals surface area contributed by atoms with Crippen LogP contribution in [0.3, 0.4) is 0 Å². The van der Waals surface area contributed by atoms with Gasteiger partial charge in [0.15, 0.2) is 5.11 Å². The van der Waals surface area contributed by atoms with E-state index in [1.165, 1.54) is 11.3 Å². The Hall–Kier alpha value is -2.03. The van der Waals surface area contributed by atoms with Crippen molar-refractivity contribution in [2.75, 3.05) is 5.32 Å². The van der Waals surface area contributed by atoms with Crippen molar-refractivity contribution in [1.29, 1.82) is 0 Å². The molecule has 0 saturated heterocycles. The van der Waals surface area contributed by atoms with Gasteiger partial charge in [-0.25, -0.2) is 4.98 Å². The first-order valence-electron chi connectivity index (χ1n) is 8.63. The molecule has 4 nitrogen and oxygen atoms in total. The number of benzene rings is 3. The van der Waals surface area contributed by atoms with Gasteiger partial charge in [-0.3, -0.25) is 10.1 Å². The molecule has 2 N–H and O–H groups in total. The van der Waals surface area contributed by atoms with Crippen LogP contribution in [0.4, 0.5) is 5.69 Å². The highest BCUT2D eigenvalue weighted by atomic mass is 79.9. The molecule has 4 rings (SSSR count). The van der Waals surface area contributed by atoms with Crippen LogP contribution >= 0.6 is 62.7 Å². The van der Waals surface area contributed by atoms with Gasteiger partial charge >= 0.3 is 0 Å². The zero-order valence-electron chi connectivity index (χ0n) is 15.1. The molecule has 30 heavy (non-hydrogen) atoms. The molecule has 0 spiro atoms. The molecule has 0 fully saturated rings. The van der Waals surface area contributed by atoms with Gasteiger partial charge in [0, 0.05) is 15.6 Å². The van der Waals surface area contributed by atoms with E-state index in [1.54, 1.807) is 36.4 Å². The Morgan fingerprint density at radius 1 is 1.03 bits per heavy atom. The summed E-state index contributed by atoms with van der Waals surface area (Å²) in [6.07, 6.45) is 0. The number of thiocarbonyl (C=S) groups is 1. The number of nitrogens with zero attached hydrogens (tertiary/aromatic N) is 1. The molecule has 1 heterocycles. The predicted octanol–water partition coefficient (Wildman–Crippen LogP) is 7.16. The highest BCUT2D eigenvalue weighted by Gasteiger charge is 2.15. The van der Waals surface area contributed by atoms with E-state index < -0.39 is 0 Å². The standard InChI is InChI=1S/C21H12BrCl2N3OS2/c22-12-7-5-11(6-8-12)19(28)27-21(29)26-17-9-13(14(23)10-15(17)24)20-25-16-3-1-2-4-18(16)30-20/h1-10H,(H2,26,27,28,29). The van der Waals surface area contributed by atoms with Crippen LogP contribution in [-0.4, -0.2) is 16.0 Å². The van der Waals surface area contributed by atoms with Crippen LogP contribution < -0.4 is 10.6 Å². The number of carbonyl (C=O) groups is 1. The normalized spacial score (nSPS) is 10.8. The second kappa shape index (κ2) is 8.99. The second-order valence-corrected chi connectivity index (χ2v) is 9.38. The number of amides is 1. The molecule has 1 amide bonds. The molecule has 0 radical (unpaired) electrons. The summed E-state index contributed by atoms with van der Waals surface area (Å²) in [6.45, 7) is 0. The summed E-state index contributed by atoms with van der Waals surface area (Å²) in [5.74, 6) is -0.323. The van der Waals surface area contributed by atoms with E-state index in [-0.39, 0.29) is 11.0 Å². The summed E-state index contributed by atoms with van der Waals surface area (Å²) in [5.41, 5.74) is 2.64. The van der Waals surface area contributed by atoms with Crippen molar-refractivity contribution in [3.63, 3.8) is 0 Å². The van der Waals surface area contributed by atoms with Crippen molar-refractivity contribution in [1.82, 2.24) is 10.3 Å². The van der Waals surface area contributed by atoms with E-state index in [2.05, 4.69) is 31.5 Å². The number of anilines is 1. The minimum Gasteiger partial charge on any atom is -0.331 e. The van der Waals surface area contributed by atoms with E-state index >= 15 is 0 Å². The summed E-state index contributed by atoms with van der Waals surface area (Å²) in [7, 11) is 0. The molecule has 150 valence electrons. The number of aromatic nitrogens is 1. The van der Waals surface area contributed by atoms with Gasteiger partial charge < -0.3 is 5.32 Å². The molecule has 0 atom stereocenters. The van der Waals surface area contributed by atoms with E-state index in [4.69, 9.17) is 35.4 Å². The molecule has 0 saturated carbocycles. The lowest BCUT2D eigenvalue weighted by molar-refractivity contribution is 0.0977. The van der Waals surface area contributed by atoms with Gasteiger partial charge in [-0.05, 0) is 60.7 Å². The van der Waals surface area contributed by atoms with Crippen molar-refractivity contribution in [3.05, 3.63) is 80.7 Å². The molecule has 3 aromatic carbocycles. The van der Waals surface area contributed by atoms with Gasteiger partial charge in [-0.1, -0.05) is 51.3 Å². The number of thiazole rings is 1. The molecule has 0 bridgehead atoms. The van der Waals surface area contributed by atoms with Crippen LogP contribution in [0.2, 0.25) is 10.0 Å². The number of para-hydroxylation sites is 1. The fourth-order valence-electron chi connectivity index (χ4n) is 2.73. The fourth-order valence-corrected chi connectivity index (χ4v) is 4.77. The van der Waals surface area contributed by atoms with E-state index in [9.17, 15) is 4.79 Å². The molecule has 0 aliphatic rings. The number of carbonyl (C=O) groups excluding carboxylic acids is 1. The number of nitrogens with one attached hydrogen (secondary N) is 2. The first-order valence-corrected chi connectivity index (χ1v) is 11.4. The summed E-state index contributed by atoms with van der Waals surface area (Å²) in [4.78, 5) is 17.0. The van der Waals surface area contributed by atoms with E-state index in [0.29, 0.717) is 21.3 Å². The highest BCUT2D eigenvalue weighted by Crippen LogP contribution is 2.38. The summed E-state index contributed by atoms with van der Waals surface area (Å²) < 4.78 is 1.94. The SMILES string of the molecule is O=C(NC(=S)Nc1cc(-c2nc3ccccc3s2)c(Cl)cc1Cl)c1ccc(Br)cc1. The lowest BCUT2D eigenvalue weighted by atomic mass is 10.2. The van der Waals surface area contributed by atoms with E-state index in [1.807, 2.05) is 24.3 Å². The van der Waals surface area contributed by atoms with Crippen molar-refractivity contribution in [2.24, 2.45) is 0 Å². The number of hydrogen-bond acceptors (Lipinski definition) is 4. The fraction of sp³-hybridized carbons (Fsp3) is 0. The lowest BCUT2D eigenvalue weighted by Gasteiger charge is -2.13. The number of rotatable bonds is 3. The maximum atomic E-state index is 12.4. The Morgan fingerprint density at radius 2 is 1.77 bits per heavy atom. The van der Waals surface area contributed by atoms with Gasteiger partial charge in [-0.2, -0.15) is 0 Å². The van der Waals surface area contributed by atoms with Crippen LogP contribution in [0.15, 0.2) is 65.1 Å². The molecule has 9 heteroatoms. The Balaban J connectivity index is 1.56. The van der Waals surface area contributed by atoms with Crippen molar-refractivity contribution in [3.8, 4) is 10.6 Å². The van der Waals surface area contributed by atoms with E-state index in [0.717, 1.165) is 25.3 Å². The molecular weight excluding hydrogens is 525 g/mol. The average molecular weight is 537 g/mol. The Kier molecular flexibility index (Phi) is 6.36. The topological polar surface area (TPSA) is 54.0 Å². The van der Waals surface area contributed by atoms with Gasteiger partial charge in [0.1, 0.15) is 5.01 Å². The molecule has 0 aliphatic heterocycles. The zero-order chi connectivity index (χ0) is 21.3. The van der Waals surface area contributed by atoms with Crippen LogP contribution in [0, 0.1) is 0 Å². The molecular formula is C21H12BrCl2N3OS2. The Labute approximate surface area is 200 Å². The minimum atomic E-state index is -0.323. The predicted molar refractivity (Wildman–Crippen MR) is 133 cm³/mol. The van der Waals surface area contributed by atoms with Crippen molar-refractivity contribution >= 4 is 89.6 Å². The third-order valence-electron chi connectivity index (χ3n) is 4.16. The van der Waals surface area contributed by atoms with Crippen molar-refractivity contribution in [2.45, 2.75) is 0 Å². The Bertz CT molecular complexity index is 1240. The Morgan fingerprint density at radius 3 is 2.50 bits per heavy atom.